The Labute approximate surface area is 120 Å². The third-order valence-electron chi connectivity index (χ3n) is 3.98. The second kappa shape index (κ2) is 6.12. The summed E-state index contributed by atoms with van der Waals surface area (Å²) in [5, 5.41) is 0. The average molecular weight is 278 g/mol. The van der Waals surface area contributed by atoms with E-state index < -0.39 is 0 Å². The number of hydrogen-bond acceptors (Lipinski definition) is 4. The fraction of sp³-hybridized carbons (Fsp3) is 0.625. The molecular weight excluding hydrogens is 256 g/mol. The molecule has 0 radical (unpaired) electrons. The van der Waals surface area contributed by atoms with E-state index in [1.807, 2.05) is 18.2 Å². The highest BCUT2D eigenvalue weighted by Crippen LogP contribution is 2.31. The van der Waals surface area contributed by atoms with Gasteiger partial charge in [-0.15, -0.1) is 0 Å². The first-order valence-corrected chi connectivity index (χ1v) is 7.28. The summed E-state index contributed by atoms with van der Waals surface area (Å²) in [5.41, 5.74) is 1.39. The second-order valence-electron chi connectivity index (χ2n) is 5.75. The maximum atomic E-state index is 5.85. The molecule has 110 valence electrons. The van der Waals surface area contributed by atoms with E-state index in [9.17, 15) is 0 Å². The van der Waals surface area contributed by atoms with E-state index in [0.717, 1.165) is 44.2 Å². The van der Waals surface area contributed by atoms with E-state index in [2.05, 4.69) is 13.0 Å². The van der Waals surface area contributed by atoms with Crippen LogP contribution in [-0.4, -0.2) is 39.1 Å². The van der Waals surface area contributed by atoms with Gasteiger partial charge in [-0.25, -0.2) is 0 Å². The Morgan fingerprint density at radius 3 is 2.85 bits per heavy atom. The summed E-state index contributed by atoms with van der Waals surface area (Å²) in [6, 6.07) is 8.08. The Morgan fingerprint density at radius 1 is 1.35 bits per heavy atom. The SMILES string of the molecule is CCC1(COCc2cccc(OCC3CO3)c2)COC1. The van der Waals surface area contributed by atoms with E-state index in [4.69, 9.17) is 18.9 Å². The predicted molar refractivity (Wildman–Crippen MR) is 74.9 cm³/mol. The molecule has 0 aliphatic carbocycles. The lowest BCUT2D eigenvalue weighted by molar-refractivity contribution is -0.152. The fourth-order valence-corrected chi connectivity index (χ4v) is 2.24. The van der Waals surface area contributed by atoms with E-state index in [0.29, 0.717) is 13.2 Å². The molecule has 0 amide bonds. The van der Waals surface area contributed by atoms with Crippen molar-refractivity contribution in [3.63, 3.8) is 0 Å². The summed E-state index contributed by atoms with van der Waals surface area (Å²) in [7, 11) is 0. The topological polar surface area (TPSA) is 40.2 Å². The van der Waals surface area contributed by atoms with Gasteiger partial charge in [0.2, 0.25) is 0 Å². The maximum Gasteiger partial charge on any atom is 0.119 e. The Hall–Kier alpha value is -1.10. The van der Waals surface area contributed by atoms with Gasteiger partial charge in [0, 0.05) is 5.41 Å². The van der Waals surface area contributed by atoms with E-state index in [1.165, 1.54) is 0 Å². The van der Waals surface area contributed by atoms with Crippen molar-refractivity contribution >= 4 is 0 Å². The van der Waals surface area contributed by atoms with Gasteiger partial charge in [-0.1, -0.05) is 19.1 Å². The highest BCUT2D eigenvalue weighted by Gasteiger charge is 2.36. The van der Waals surface area contributed by atoms with E-state index in [1.54, 1.807) is 0 Å². The van der Waals surface area contributed by atoms with Crippen molar-refractivity contribution in [2.45, 2.75) is 26.1 Å². The lowest BCUT2D eigenvalue weighted by atomic mass is 9.84. The molecule has 4 heteroatoms. The Morgan fingerprint density at radius 2 is 2.20 bits per heavy atom. The Kier molecular flexibility index (Phi) is 4.24. The molecule has 1 aromatic carbocycles. The van der Waals surface area contributed by atoms with Gasteiger partial charge in [0.15, 0.2) is 0 Å². The van der Waals surface area contributed by atoms with Crippen molar-refractivity contribution < 1.29 is 18.9 Å². The molecule has 0 bridgehead atoms. The van der Waals surface area contributed by atoms with Crippen LogP contribution < -0.4 is 4.74 Å². The molecule has 1 unspecified atom stereocenters. The van der Waals surface area contributed by atoms with Gasteiger partial charge in [-0.2, -0.15) is 0 Å². The normalized spacial score (nSPS) is 23.1. The first-order valence-electron chi connectivity index (χ1n) is 7.28. The van der Waals surface area contributed by atoms with Crippen LogP contribution in [0.2, 0.25) is 0 Å². The third-order valence-corrected chi connectivity index (χ3v) is 3.98. The summed E-state index contributed by atoms with van der Waals surface area (Å²) >= 11 is 0. The molecule has 2 fully saturated rings. The van der Waals surface area contributed by atoms with Crippen LogP contribution in [0.25, 0.3) is 0 Å². The molecule has 20 heavy (non-hydrogen) atoms. The number of hydrogen-bond donors (Lipinski definition) is 0. The van der Waals surface area contributed by atoms with Gasteiger partial charge in [-0.3, -0.25) is 0 Å². The van der Waals surface area contributed by atoms with Crippen molar-refractivity contribution in [1.29, 1.82) is 0 Å². The summed E-state index contributed by atoms with van der Waals surface area (Å²) in [6.07, 6.45) is 1.40. The van der Waals surface area contributed by atoms with Crippen LogP contribution in [0.15, 0.2) is 24.3 Å². The monoisotopic (exact) mass is 278 g/mol. The number of benzene rings is 1. The van der Waals surface area contributed by atoms with Crippen LogP contribution in [-0.2, 0) is 20.8 Å². The minimum atomic E-state index is 0.247. The molecule has 2 aliphatic heterocycles. The molecule has 0 saturated carbocycles. The smallest absolute Gasteiger partial charge is 0.119 e. The van der Waals surface area contributed by atoms with Gasteiger partial charge in [0.05, 0.1) is 33.0 Å². The molecule has 0 spiro atoms. The quantitative estimate of drug-likeness (QED) is 0.685. The van der Waals surface area contributed by atoms with Gasteiger partial charge in [0.25, 0.3) is 0 Å². The van der Waals surface area contributed by atoms with Crippen LogP contribution in [0, 0.1) is 5.41 Å². The van der Waals surface area contributed by atoms with Gasteiger partial charge >= 0.3 is 0 Å². The third kappa shape index (κ3) is 3.51. The summed E-state index contributed by atoms with van der Waals surface area (Å²) < 4.78 is 22.0. The summed E-state index contributed by atoms with van der Waals surface area (Å²) in [4.78, 5) is 0. The van der Waals surface area contributed by atoms with Gasteiger partial charge in [0.1, 0.15) is 18.5 Å². The Bertz CT molecular complexity index is 432. The fourth-order valence-electron chi connectivity index (χ4n) is 2.24. The van der Waals surface area contributed by atoms with Gasteiger partial charge < -0.3 is 18.9 Å². The minimum absolute atomic E-state index is 0.247. The number of epoxide rings is 1. The average Bonchev–Trinajstić information content (AvgIpc) is 3.24. The maximum absolute atomic E-state index is 5.85. The van der Waals surface area contributed by atoms with Crippen molar-refractivity contribution in [1.82, 2.24) is 0 Å². The molecule has 0 aromatic heterocycles. The number of rotatable bonds is 8. The summed E-state index contributed by atoms with van der Waals surface area (Å²) in [6.45, 7) is 6.70. The predicted octanol–water partition coefficient (Wildman–Crippen LogP) is 2.41. The minimum Gasteiger partial charge on any atom is -0.491 e. The first-order chi connectivity index (χ1) is 9.80. The molecule has 1 aromatic rings. The molecule has 2 heterocycles. The highest BCUT2D eigenvalue weighted by atomic mass is 16.6. The molecular formula is C16H22O4. The van der Waals surface area contributed by atoms with Crippen LogP contribution in [0.1, 0.15) is 18.9 Å². The van der Waals surface area contributed by atoms with E-state index in [-0.39, 0.29) is 11.5 Å². The largest absolute Gasteiger partial charge is 0.491 e. The van der Waals surface area contributed by atoms with Crippen LogP contribution in [0.3, 0.4) is 0 Å². The van der Waals surface area contributed by atoms with E-state index >= 15 is 0 Å². The zero-order chi connectivity index (χ0) is 13.8. The lowest BCUT2D eigenvalue weighted by Gasteiger charge is -2.40. The molecule has 0 N–H and O–H groups in total. The summed E-state index contributed by atoms with van der Waals surface area (Å²) in [5.74, 6) is 0.888. The zero-order valence-electron chi connectivity index (χ0n) is 12.0. The van der Waals surface area contributed by atoms with Crippen LogP contribution in [0.4, 0.5) is 0 Å². The van der Waals surface area contributed by atoms with Crippen molar-refractivity contribution in [2.75, 3.05) is 33.0 Å². The molecule has 1 atom stereocenters. The standard InChI is InChI=1S/C16H22O4/c1-2-16(11-18-12-16)10-17-7-13-4-3-5-14(6-13)19-8-15-9-20-15/h3-6,15H,2,7-12H2,1H3. The zero-order valence-corrected chi connectivity index (χ0v) is 12.0. The number of ether oxygens (including phenoxy) is 4. The Balaban J connectivity index is 1.45. The highest BCUT2D eigenvalue weighted by molar-refractivity contribution is 5.28. The van der Waals surface area contributed by atoms with Crippen LogP contribution in [0.5, 0.6) is 5.75 Å². The van der Waals surface area contributed by atoms with Crippen molar-refractivity contribution in [2.24, 2.45) is 5.41 Å². The van der Waals surface area contributed by atoms with Crippen molar-refractivity contribution in [3.05, 3.63) is 29.8 Å². The van der Waals surface area contributed by atoms with Gasteiger partial charge in [-0.05, 0) is 24.1 Å². The first kappa shape index (κ1) is 13.9. The lowest BCUT2D eigenvalue weighted by Crippen LogP contribution is -2.45. The van der Waals surface area contributed by atoms with Crippen LogP contribution >= 0.6 is 0 Å². The molecule has 2 aliphatic rings. The molecule has 4 nitrogen and oxygen atoms in total. The molecule has 3 rings (SSSR count). The van der Waals surface area contributed by atoms with Crippen molar-refractivity contribution in [3.8, 4) is 5.75 Å². The molecule has 2 saturated heterocycles. The second-order valence-corrected chi connectivity index (χ2v) is 5.75.